The Morgan fingerprint density at radius 2 is 2.06 bits per heavy atom. The van der Waals surface area contributed by atoms with E-state index in [-0.39, 0.29) is 24.3 Å². The summed E-state index contributed by atoms with van der Waals surface area (Å²) in [7, 11) is -2.93. The van der Waals surface area contributed by atoms with Crippen LogP contribution in [0.1, 0.15) is 11.6 Å². The number of nitrogens with one attached hydrogen (secondary N) is 1. The third-order valence-electron chi connectivity index (χ3n) is 3.02. The number of rotatable bonds is 1. The van der Waals surface area contributed by atoms with E-state index in [4.69, 9.17) is 9.47 Å². The molecule has 0 aliphatic carbocycles. The van der Waals surface area contributed by atoms with Crippen LogP contribution in [0, 0.1) is 0 Å². The van der Waals surface area contributed by atoms with Gasteiger partial charge in [-0.1, -0.05) is 6.07 Å². The molecule has 2 aliphatic rings. The van der Waals surface area contributed by atoms with Crippen LogP contribution in [0.15, 0.2) is 18.2 Å². The van der Waals surface area contributed by atoms with Crippen molar-refractivity contribution in [3.8, 4) is 11.5 Å². The quantitative estimate of drug-likeness (QED) is 0.790. The third kappa shape index (κ3) is 2.10. The Morgan fingerprint density at radius 3 is 2.88 bits per heavy atom. The van der Waals surface area contributed by atoms with Gasteiger partial charge in [-0.25, -0.2) is 8.42 Å². The van der Waals surface area contributed by atoms with Gasteiger partial charge in [-0.15, -0.1) is 0 Å². The monoisotopic (exact) mass is 255 g/mol. The Morgan fingerprint density at radius 1 is 1.24 bits per heavy atom. The smallest absolute Gasteiger partial charge is 0.231 e. The molecule has 1 atom stereocenters. The first-order valence-corrected chi connectivity index (χ1v) is 7.29. The van der Waals surface area contributed by atoms with Crippen molar-refractivity contribution in [3.63, 3.8) is 0 Å². The van der Waals surface area contributed by atoms with E-state index in [0.717, 1.165) is 5.56 Å². The van der Waals surface area contributed by atoms with Crippen molar-refractivity contribution in [2.24, 2.45) is 0 Å². The molecule has 0 amide bonds. The molecule has 6 heteroatoms. The van der Waals surface area contributed by atoms with E-state index >= 15 is 0 Å². The maximum Gasteiger partial charge on any atom is 0.231 e. The van der Waals surface area contributed by atoms with Crippen molar-refractivity contribution in [3.05, 3.63) is 23.8 Å². The van der Waals surface area contributed by atoms with Crippen LogP contribution < -0.4 is 14.8 Å². The highest BCUT2D eigenvalue weighted by Gasteiger charge is 2.26. The highest BCUT2D eigenvalue weighted by atomic mass is 32.2. The van der Waals surface area contributed by atoms with Crippen LogP contribution in [0.2, 0.25) is 0 Å². The second kappa shape index (κ2) is 3.89. The van der Waals surface area contributed by atoms with Crippen LogP contribution >= 0.6 is 0 Å². The molecule has 0 saturated carbocycles. The molecule has 92 valence electrons. The van der Waals surface area contributed by atoms with Gasteiger partial charge in [0.15, 0.2) is 21.3 Å². The normalized spacial score (nSPS) is 25.8. The average molecular weight is 255 g/mol. The first-order valence-electron chi connectivity index (χ1n) is 5.47. The summed E-state index contributed by atoms with van der Waals surface area (Å²) in [5, 5.41) is 3.21. The summed E-state index contributed by atoms with van der Waals surface area (Å²) in [6, 6.07) is 5.40. The van der Waals surface area contributed by atoms with E-state index in [1.54, 1.807) is 0 Å². The zero-order chi connectivity index (χ0) is 11.9. The predicted octanol–water partition coefficient (Wildman–Crippen LogP) is 0.474. The van der Waals surface area contributed by atoms with Crippen molar-refractivity contribution >= 4 is 9.84 Å². The zero-order valence-electron chi connectivity index (χ0n) is 9.18. The Hall–Kier alpha value is -1.27. The number of hydrogen-bond donors (Lipinski definition) is 1. The molecule has 1 aromatic carbocycles. The van der Waals surface area contributed by atoms with Gasteiger partial charge in [-0.3, -0.25) is 0 Å². The van der Waals surface area contributed by atoms with Gasteiger partial charge in [-0.05, 0) is 17.7 Å². The summed E-state index contributed by atoms with van der Waals surface area (Å²) in [5.74, 6) is 1.76. The first-order chi connectivity index (χ1) is 8.14. The fourth-order valence-corrected chi connectivity index (χ4v) is 3.54. The summed E-state index contributed by atoms with van der Waals surface area (Å²) >= 11 is 0. The molecule has 0 radical (unpaired) electrons. The molecule has 3 rings (SSSR count). The number of fused-ring (bicyclic) bond motifs is 1. The Kier molecular flexibility index (Phi) is 2.48. The number of hydrogen-bond acceptors (Lipinski definition) is 5. The van der Waals surface area contributed by atoms with E-state index in [2.05, 4.69) is 5.32 Å². The molecule has 1 N–H and O–H groups in total. The van der Waals surface area contributed by atoms with Crippen LogP contribution in [0.25, 0.3) is 0 Å². The Balaban J connectivity index is 1.89. The molecular weight excluding hydrogens is 242 g/mol. The van der Waals surface area contributed by atoms with Gasteiger partial charge >= 0.3 is 0 Å². The molecule has 1 fully saturated rings. The number of ether oxygens (including phenoxy) is 2. The van der Waals surface area contributed by atoms with E-state index < -0.39 is 9.84 Å². The van der Waals surface area contributed by atoms with Crippen LogP contribution in [-0.4, -0.2) is 33.3 Å². The number of sulfone groups is 1. The van der Waals surface area contributed by atoms with Gasteiger partial charge in [0, 0.05) is 12.6 Å². The minimum Gasteiger partial charge on any atom is -0.454 e. The predicted molar refractivity (Wildman–Crippen MR) is 62.0 cm³/mol. The van der Waals surface area contributed by atoms with Crippen LogP contribution in [0.3, 0.4) is 0 Å². The molecule has 2 heterocycles. The first kappa shape index (κ1) is 10.9. The summed E-state index contributed by atoms with van der Waals surface area (Å²) < 4.78 is 33.6. The minimum absolute atomic E-state index is 0.145. The number of benzene rings is 1. The summed E-state index contributed by atoms with van der Waals surface area (Å²) in [6.45, 7) is 0.733. The van der Waals surface area contributed by atoms with Gasteiger partial charge in [0.2, 0.25) is 6.79 Å². The topological polar surface area (TPSA) is 64.6 Å². The molecule has 0 bridgehead atoms. The standard InChI is InChI=1S/C11H13NO4S/c13-17(14)4-3-12-9(6-17)8-1-2-10-11(5-8)16-7-15-10/h1-2,5,9,12H,3-4,6-7H2. The van der Waals surface area contributed by atoms with E-state index in [1.807, 2.05) is 18.2 Å². The van der Waals surface area contributed by atoms with Gasteiger partial charge in [-0.2, -0.15) is 0 Å². The minimum atomic E-state index is -2.93. The van der Waals surface area contributed by atoms with Crippen molar-refractivity contribution in [2.45, 2.75) is 6.04 Å². The van der Waals surface area contributed by atoms with Crippen LogP contribution in [0.4, 0.5) is 0 Å². The lowest BCUT2D eigenvalue weighted by atomic mass is 10.1. The molecular formula is C11H13NO4S. The highest BCUT2D eigenvalue weighted by Crippen LogP contribution is 2.34. The summed E-state index contributed by atoms with van der Waals surface area (Å²) in [6.07, 6.45) is 0. The second-order valence-electron chi connectivity index (χ2n) is 4.23. The van der Waals surface area contributed by atoms with Gasteiger partial charge in [0.05, 0.1) is 11.5 Å². The summed E-state index contributed by atoms with van der Waals surface area (Å²) in [4.78, 5) is 0. The third-order valence-corrected chi connectivity index (χ3v) is 4.69. The fraction of sp³-hybridized carbons (Fsp3) is 0.455. The van der Waals surface area contributed by atoms with Gasteiger partial charge < -0.3 is 14.8 Å². The van der Waals surface area contributed by atoms with E-state index in [9.17, 15) is 8.42 Å². The van der Waals surface area contributed by atoms with Gasteiger partial charge in [0.1, 0.15) is 0 Å². The zero-order valence-corrected chi connectivity index (χ0v) is 10.00. The SMILES string of the molecule is O=S1(=O)CCNC(c2ccc3c(c2)OCO3)C1. The highest BCUT2D eigenvalue weighted by molar-refractivity contribution is 7.91. The fourth-order valence-electron chi connectivity index (χ4n) is 2.13. The lowest BCUT2D eigenvalue weighted by Gasteiger charge is -2.24. The Labute approximate surface area is 99.6 Å². The Bertz CT molecular complexity index is 540. The molecule has 5 nitrogen and oxygen atoms in total. The second-order valence-corrected chi connectivity index (χ2v) is 6.46. The molecule has 17 heavy (non-hydrogen) atoms. The van der Waals surface area contributed by atoms with Crippen molar-refractivity contribution in [2.75, 3.05) is 24.8 Å². The molecule has 1 unspecified atom stereocenters. The van der Waals surface area contributed by atoms with E-state index in [1.165, 1.54) is 0 Å². The maximum atomic E-state index is 11.6. The van der Waals surface area contributed by atoms with Crippen molar-refractivity contribution in [1.29, 1.82) is 0 Å². The van der Waals surface area contributed by atoms with Crippen LogP contribution in [-0.2, 0) is 9.84 Å². The molecule has 1 saturated heterocycles. The van der Waals surface area contributed by atoms with E-state index in [0.29, 0.717) is 18.0 Å². The largest absolute Gasteiger partial charge is 0.454 e. The van der Waals surface area contributed by atoms with Crippen molar-refractivity contribution in [1.82, 2.24) is 5.32 Å². The molecule has 1 aromatic rings. The lowest BCUT2D eigenvalue weighted by Crippen LogP contribution is -2.39. The molecule has 0 aromatic heterocycles. The summed E-state index contributed by atoms with van der Waals surface area (Å²) in [5.41, 5.74) is 0.928. The molecule has 2 aliphatic heterocycles. The lowest BCUT2D eigenvalue weighted by molar-refractivity contribution is 0.174. The maximum absolute atomic E-state index is 11.6. The van der Waals surface area contributed by atoms with Crippen LogP contribution in [0.5, 0.6) is 11.5 Å². The average Bonchev–Trinajstić information content (AvgIpc) is 2.74. The van der Waals surface area contributed by atoms with Crippen molar-refractivity contribution < 1.29 is 17.9 Å². The molecule has 0 spiro atoms. The van der Waals surface area contributed by atoms with Gasteiger partial charge in [0.25, 0.3) is 0 Å².